The normalized spacial score (nSPS) is 13.6. The maximum Gasteiger partial charge on any atom is 0.513 e. The van der Waals surface area contributed by atoms with Crippen LogP contribution in [-0.2, 0) is 20.7 Å². The Morgan fingerprint density at radius 3 is 2.26 bits per heavy atom. The van der Waals surface area contributed by atoms with Crippen LogP contribution >= 0.6 is 30.3 Å². The van der Waals surface area contributed by atoms with Crippen molar-refractivity contribution >= 4 is 36.3 Å². The third-order valence-electron chi connectivity index (χ3n) is 4.27. The van der Waals surface area contributed by atoms with E-state index in [1.807, 2.05) is 61.5 Å². The van der Waals surface area contributed by atoms with Crippen LogP contribution in [0.2, 0.25) is 0 Å². The van der Waals surface area contributed by atoms with Crippen molar-refractivity contribution < 1.29 is 23.1 Å². The zero-order chi connectivity index (χ0) is 22.3. The van der Waals surface area contributed by atoms with Gasteiger partial charge in [-0.3, -0.25) is 4.79 Å². The van der Waals surface area contributed by atoms with Crippen LogP contribution in [0, 0.1) is 10.5 Å². The predicted octanol–water partition coefficient (Wildman–Crippen LogP) is 5.89. The minimum Gasteiger partial charge on any atom is -0.460 e. The first-order chi connectivity index (χ1) is 14.9. The summed E-state index contributed by atoms with van der Waals surface area (Å²) in [7, 11) is -3.98. The van der Waals surface area contributed by atoms with Gasteiger partial charge in [0.15, 0.2) is 0 Å². The first-order valence-electron chi connectivity index (χ1n) is 9.64. The molecule has 1 unspecified atom stereocenters. The van der Waals surface area contributed by atoms with E-state index in [0.29, 0.717) is 11.5 Å². The van der Waals surface area contributed by atoms with Crippen molar-refractivity contribution in [3.8, 4) is 11.5 Å². The highest BCUT2D eigenvalue weighted by molar-refractivity contribution is 14.1. The molecular formula is C23H23INO5P. The number of halogens is 1. The summed E-state index contributed by atoms with van der Waals surface area (Å²) in [5.74, 6) is 0.218. The summed E-state index contributed by atoms with van der Waals surface area (Å²) in [6, 6.07) is 22.6. The molecule has 0 radical (unpaired) electrons. The Kier molecular flexibility index (Phi) is 8.12. The minimum absolute atomic E-state index is 0.117. The quantitative estimate of drug-likeness (QED) is 0.203. The molecule has 31 heavy (non-hydrogen) atoms. The van der Waals surface area contributed by atoms with Crippen LogP contribution in [0.1, 0.15) is 18.1 Å². The van der Waals surface area contributed by atoms with Gasteiger partial charge in [0, 0.05) is 0 Å². The molecule has 0 saturated heterocycles. The van der Waals surface area contributed by atoms with E-state index in [-0.39, 0.29) is 6.61 Å². The lowest BCUT2D eigenvalue weighted by Crippen LogP contribution is -2.35. The van der Waals surface area contributed by atoms with E-state index in [1.165, 1.54) is 0 Å². The first kappa shape index (κ1) is 23.3. The van der Waals surface area contributed by atoms with Crippen molar-refractivity contribution in [2.24, 2.45) is 0 Å². The molecule has 0 aliphatic rings. The summed E-state index contributed by atoms with van der Waals surface area (Å²) in [6.07, 6.45) is 0. The fraction of sp³-hybridized carbons (Fsp3) is 0.174. The summed E-state index contributed by atoms with van der Waals surface area (Å²) in [4.78, 5) is 12.5. The summed E-state index contributed by atoms with van der Waals surface area (Å²) in [5, 5.41) is 2.71. The highest BCUT2D eigenvalue weighted by Crippen LogP contribution is 2.47. The van der Waals surface area contributed by atoms with Gasteiger partial charge in [0.1, 0.15) is 24.1 Å². The van der Waals surface area contributed by atoms with Gasteiger partial charge in [-0.1, -0.05) is 60.7 Å². The second-order valence-electron chi connectivity index (χ2n) is 6.82. The van der Waals surface area contributed by atoms with Gasteiger partial charge in [-0.15, -0.1) is 0 Å². The number of rotatable bonds is 9. The summed E-state index contributed by atoms with van der Waals surface area (Å²) >= 11 is 2.10. The molecule has 8 heteroatoms. The van der Waals surface area contributed by atoms with Crippen LogP contribution in [-0.4, -0.2) is 12.0 Å². The van der Waals surface area contributed by atoms with Crippen LogP contribution in [0.4, 0.5) is 0 Å². The SMILES string of the molecule is Cc1cccc(I)c1OP(=O)(N[C@@H](C)C(=O)OCc1ccccc1)Oc1ccccc1. The predicted molar refractivity (Wildman–Crippen MR) is 128 cm³/mol. The molecule has 6 nitrogen and oxygen atoms in total. The molecule has 0 fully saturated rings. The van der Waals surface area contributed by atoms with E-state index in [4.69, 9.17) is 13.8 Å². The van der Waals surface area contributed by atoms with Crippen molar-refractivity contribution in [3.63, 3.8) is 0 Å². The largest absolute Gasteiger partial charge is 0.513 e. The Balaban J connectivity index is 1.77. The number of para-hydroxylation sites is 2. The van der Waals surface area contributed by atoms with Crippen LogP contribution < -0.4 is 14.1 Å². The minimum atomic E-state index is -3.98. The van der Waals surface area contributed by atoms with Gasteiger partial charge in [0.05, 0.1) is 3.57 Å². The maximum absolute atomic E-state index is 13.7. The number of hydrogen-bond donors (Lipinski definition) is 1. The molecule has 0 aliphatic carbocycles. The highest BCUT2D eigenvalue weighted by Gasteiger charge is 2.34. The summed E-state index contributed by atoms with van der Waals surface area (Å²) < 4.78 is 31.4. The molecule has 3 rings (SSSR count). The second kappa shape index (κ2) is 10.8. The van der Waals surface area contributed by atoms with E-state index < -0.39 is 19.8 Å². The average Bonchev–Trinajstić information content (AvgIpc) is 2.76. The standard InChI is InChI=1S/C23H23INO5P/c1-17-10-9-15-21(24)22(17)30-31(27,29-20-13-7-4-8-14-20)25-18(2)23(26)28-16-19-11-5-3-6-12-19/h3-15,18H,16H2,1-2H3,(H,25,27)/t18-,31?/m0/s1. The van der Waals surface area contributed by atoms with E-state index in [0.717, 1.165) is 14.7 Å². The number of carbonyl (C=O) groups is 1. The number of nitrogens with one attached hydrogen (secondary N) is 1. The number of ether oxygens (including phenoxy) is 1. The Bertz CT molecular complexity index is 1040. The van der Waals surface area contributed by atoms with Gasteiger partial charge >= 0.3 is 13.7 Å². The Hall–Kier alpha value is -2.35. The van der Waals surface area contributed by atoms with Gasteiger partial charge in [0.25, 0.3) is 0 Å². The Labute approximate surface area is 195 Å². The molecule has 0 spiro atoms. The maximum atomic E-state index is 13.7. The molecule has 0 heterocycles. The Morgan fingerprint density at radius 1 is 0.968 bits per heavy atom. The first-order valence-corrected chi connectivity index (χ1v) is 12.3. The number of benzene rings is 3. The third kappa shape index (κ3) is 6.82. The van der Waals surface area contributed by atoms with E-state index in [2.05, 4.69) is 27.7 Å². The van der Waals surface area contributed by atoms with Crippen LogP contribution in [0.15, 0.2) is 78.9 Å². The van der Waals surface area contributed by atoms with Crippen LogP contribution in [0.5, 0.6) is 11.5 Å². The number of esters is 1. The van der Waals surface area contributed by atoms with Crippen LogP contribution in [0.3, 0.4) is 0 Å². The van der Waals surface area contributed by atoms with Gasteiger partial charge in [-0.2, -0.15) is 5.09 Å². The fourth-order valence-electron chi connectivity index (χ4n) is 2.69. The van der Waals surface area contributed by atoms with Crippen molar-refractivity contribution in [2.45, 2.75) is 26.5 Å². The molecule has 2 atom stereocenters. The summed E-state index contributed by atoms with van der Waals surface area (Å²) in [6.45, 7) is 3.52. The van der Waals surface area contributed by atoms with Crippen molar-refractivity contribution in [1.29, 1.82) is 0 Å². The van der Waals surface area contributed by atoms with Gasteiger partial charge in [-0.05, 0) is 65.8 Å². The zero-order valence-electron chi connectivity index (χ0n) is 17.2. The molecule has 0 saturated carbocycles. The van der Waals surface area contributed by atoms with Gasteiger partial charge in [-0.25, -0.2) is 4.57 Å². The molecule has 1 N–H and O–H groups in total. The molecular weight excluding hydrogens is 528 g/mol. The van der Waals surface area contributed by atoms with Gasteiger partial charge in [0.2, 0.25) is 0 Å². The average molecular weight is 551 g/mol. The van der Waals surface area contributed by atoms with Crippen molar-refractivity contribution in [2.75, 3.05) is 0 Å². The number of carbonyl (C=O) groups excluding carboxylic acids is 1. The monoisotopic (exact) mass is 551 g/mol. The molecule has 0 aliphatic heterocycles. The molecule has 3 aromatic carbocycles. The lowest BCUT2D eigenvalue weighted by molar-refractivity contribution is -0.146. The van der Waals surface area contributed by atoms with E-state index >= 15 is 0 Å². The lowest BCUT2D eigenvalue weighted by Gasteiger charge is -2.24. The van der Waals surface area contributed by atoms with Crippen molar-refractivity contribution in [3.05, 3.63) is 93.6 Å². The molecule has 3 aromatic rings. The molecule has 0 bridgehead atoms. The number of aryl methyl sites for hydroxylation is 1. The van der Waals surface area contributed by atoms with Crippen molar-refractivity contribution in [1.82, 2.24) is 5.09 Å². The Morgan fingerprint density at radius 2 is 1.61 bits per heavy atom. The van der Waals surface area contributed by atoms with Gasteiger partial charge < -0.3 is 13.8 Å². The molecule has 0 amide bonds. The second-order valence-corrected chi connectivity index (χ2v) is 9.60. The smallest absolute Gasteiger partial charge is 0.460 e. The molecule has 0 aromatic heterocycles. The fourth-order valence-corrected chi connectivity index (χ4v) is 5.21. The molecule has 162 valence electrons. The van der Waals surface area contributed by atoms with Crippen LogP contribution in [0.25, 0.3) is 0 Å². The number of hydrogen-bond acceptors (Lipinski definition) is 5. The van der Waals surface area contributed by atoms with E-state index in [9.17, 15) is 9.36 Å². The zero-order valence-corrected chi connectivity index (χ0v) is 20.2. The van der Waals surface area contributed by atoms with E-state index in [1.54, 1.807) is 31.2 Å². The highest BCUT2D eigenvalue weighted by atomic mass is 127. The lowest BCUT2D eigenvalue weighted by atomic mass is 10.2. The topological polar surface area (TPSA) is 73.9 Å². The third-order valence-corrected chi connectivity index (χ3v) is 6.70. The summed E-state index contributed by atoms with van der Waals surface area (Å²) in [5.41, 5.74) is 1.65.